The molecule has 0 unspecified atom stereocenters. The molecule has 0 heterocycles. The molecular weight excluding hydrogens is 415 g/mol. The van der Waals surface area contributed by atoms with Gasteiger partial charge in [0.05, 0.1) is 10.6 Å². The summed E-state index contributed by atoms with van der Waals surface area (Å²) in [5.74, 6) is -1.000. The molecule has 22 heavy (non-hydrogen) atoms. The molecule has 2 rings (SSSR count). The van der Waals surface area contributed by atoms with E-state index in [0.29, 0.717) is 17.0 Å². The van der Waals surface area contributed by atoms with Gasteiger partial charge < -0.3 is 11.1 Å². The number of primary amides is 1. The van der Waals surface area contributed by atoms with Crippen molar-refractivity contribution in [3.63, 3.8) is 0 Å². The van der Waals surface area contributed by atoms with Crippen LogP contribution in [0.15, 0.2) is 48.5 Å². The number of halogens is 2. The zero-order valence-electron chi connectivity index (χ0n) is 11.6. The van der Waals surface area contributed by atoms with Crippen molar-refractivity contribution in [2.24, 2.45) is 5.73 Å². The Hall–Kier alpha value is -1.60. The molecule has 0 spiro atoms. The van der Waals surface area contributed by atoms with E-state index < -0.39 is 17.9 Å². The minimum absolute atomic E-state index is 0.318. The first kappa shape index (κ1) is 16.8. The lowest BCUT2D eigenvalue weighted by Gasteiger charge is -2.17. The number of nitrogens with two attached hydrogens (primary N) is 1. The van der Waals surface area contributed by atoms with Gasteiger partial charge in [-0.3, -0.25) is 9.59 Å². The highest BCUT2D eigenvalue weighted by Gasteiger charge is 2.21. The van der Waals surface area contributed by atoms with E-state index in [1.165, 1.54) is 0 Å². The van der Waals surface area contributed by atoms with Crippen molar-refractivity contribution >= 4 is 46.0 Å². The topological polar surface area (TPSA) is 72.2 Å². The second kappa shape index (κ2) is 7.60. The Morgan fingerprint density at radius 3 is 2.41 bits per heavy atom. The third-order valence-electron chi connectivity index (χ3n) is 3.15. The number of amides is 2. The van der Waals surface area contributed by atoms with Crippen molar-refractivity contribution in [1.82, 2.24) is 5.32 Å². The summed E-state index contributed by atoms with van der Waals surface area (Å²) in [6.45, 7) is 0. The third kappa shape index (κ3) is 4.20. The predicted octanol–water partition coefficient (Wildman–Crippen LogP) is 2.77. The van der Waals surface area contributed by atoms with Crippen LogP contribution in [0.1, 0.15) is 15.9 Å². The van der Waals surface area contributed by atoms with Gasteiger partial charge in [-0.2, -0.15) is 0 Å². The largest absolute Gasteiger partial charge is 0.368 e. The predicted molar refractivity (Wildman–Crippen MR) is 94.8 cm³/mol. The highest BCUT2D eigenvalue weighted by Crippen LogP contribution is 2.16. The molecule has 2 amide bonds. The van der Waals surface area contributed by atoms with Gasteiger partial charge in [-0.1, -0.05) is 41.9 Å². The summed E-state index contributed by atoms with van der Waals surface area (Å²) in [4.78, 5) is 23.9. The van der Waals surface area contributed by atoms with E-state index in [1.54, 1.807) is 24.3 Å². The first-order chi connectivity index (χ1) is 10.5. The smallest absolute Gasteiger partial charge is 0.253 e. The minimum atomic E-state index is -0.792. The number of hydrogen-bond donors (Lipinski definition) is 2. The van der Waals surface area contributed by atoms with E-state index in [2.05, 4.69) is 27.9 Å². The molecule has 0 aliphatic carbocycles. The van der Waals surface area contributed by atoms with Crippen molar-refractivity contribution < 1.29 is 9.59 Å². The summed E-state index contributed by atoms with van der Waals surface area (Å²) >= 11 is 8.17. The van der Waals surface area contributed by atoms with Gasteiger partial charge in [-0.05, 0) is 46.4 Å². The fraction of sp³-hybridized carbons (Fsp3) is 0.125. The van der Waals surface area contributed by atoms with Gasteiger partial charge in [0, 0.05) is 9.99 Å². The Morgan fingerprint density at radius 2 is 1.77 bits per heavy atom. The average Bonchev–Trinajstić information content (AvgIpc) is 2.49. The van der Waals surface area contributed by atoms with E-state index >= 15 is 0 Å². The normalized spacial score (nSPS) is 11.7. The van der Waals surface area contributed by atoms with E-state index in [1.807, 2.05) is 24.3 Å². The van der Waals surface area contributed by atoms with Gasteiger partial charge in [-0.15, -0.1) is 0 Å². The third-order valence-corrected chi connectivity index (χ3v) is 4.53. The number of carbonyl (C=O) groups is 2. The Labute approximate surface area is 147 Å². The van der Waals surface area contributed by atoms with Crippen molar-refractivity contribution in [1.29, 1.82) is 0 Å². The Morgan fingerprint density at radius 1 is 1.14 bits per heavy atom. The summed E-state index contributed by atoms with van der Waals surface area (Å²) in [6.07, 6.45) is 0.338. The summed E-state index contributed by atoms with van der Waals surface area (Å²) in [6, 6.07) is 13.5. The first-order valence-corrected chi connectivity index (χ1v) is 8.03. The maximum absolute atomic E-state index is 12.3. The van der Waals surface area contributed by atoms with Crippen molar-refractivity contribution in [2.45, 2.75) is 12.5 Å². The number of nitrogens with one attached hydrogen (secondary N) is 1. The minimum Gasteiger partial charge on any atom is -0.368 e. The van der Waals surface area contributed by atoms with E-state index in [4.69, 9.17) is 17.3 Å². The molecule has 0 fully saturated rings. The molecule has 0 saturated heterocycles. The Bertz CT molecular complexity index is 706. The fourth-order valence-corrected chi connectivity index (χ4v) is 2.82. The van der Waals surface area contributed by atoms with Crippen molar-refractivity contribution in [3.8, 4) is 0 Å². The molecular formula is C16H14ClIN2O2. The van der Waals surface area contributed by atoms with Gasteiger partial charge in [0.1, 0.15) is 6.04 Å². The first-order valence-electron chi connectivity index (χ1n) is 6.57. The van der Waals surface area contributed by atoms with Crippen LogP contribution in [0.2, 0.25) is 5.02 Å². The summed E-state index contributed by atoms with van der Waals surface area (Å²) < 4.78 is 1.01. The van der Waals surface area contributed by atoms with Crippen LogP contribution >= 0.6 is 34.2 Å². The molecule has 0 aliphatic heterocycles. The van der Waals surface area contributed by atoms with E-state index in [-0.39, 0.29) is 0 Å². The van der Waals surface area contributed by atoms with Crippen LogP contribution in [0.25, 0.3) is 0 Å². The van der Waals surface area contributed by atoms with Crippen molar-refractivity contribution in [2.75, 3.05) is 0 Å². The van der Waals surface area contributed by atoms with Crippen LogP contribution in [0.5, 0.6) is 0 Å². The van der Waals surface area contributed by atoms with E-state index in [9.17, 15) is 9.59 Å². The fourth-order valence-electron chi connectivity index (χ4n) is 1.99. The van der Waals surface area contributed by atoms with Crippen LogP contribution in [0.3, 0.4) is 0 Å². The molecule has 4 nitrogen and oxygen atoms in total. The molecule has 0 radical (unpaired) electrons. The zero-order valence-corrected chi connectivity index (χ0v) is 14.5. The van der Waals surface area contributed by atoms with Crippen LogP contribution in [-0.2, 0) is 11.2 Å². The lowest BCUT2D eigenvalue weighted by Crippen LogP contribution is -2.46. The van der Waals surface area contributed by atoms with Crippen LogP contribution in [0.4, 0.5) is 0 Å². The number of carbonyl (C=O) groups excluding carboxylic acids is 2. The molecule has 0 aliphatic rings. The molecule has 2 aromatic carbocycles. The van der Waals surface area contributed by atoms with Gasteiger partial charge in [0.25, 0.3) is 5.91 Å². The molecule has 1 atom stereocenters. The lowest BCUT2D eigenvalue weighted by molar-refractivity contribution is -0.119. The molecule has 2 aromatic rings. The summed E-state index contributed by atoms with van der Waals surface area (Å²) in [5.41, 5.74) is 6.68. The maximum Gasteiger partial charge on any atom is 0.253 e. The molecule has 6 heteroatoms. The van der Waals surface area contributed by atoms with Crippen LogP contribution in [0, 0.1) is 3.57 Å². The zero-order chi connectivity index (χ0) is 16.1. The summed E-state index contributed by atoms with van der Waals surface area (Å²) in [5, 5.41) is 2.98. The van der Waals surface area contributed by atoms with Crippen LogP contribution < -0.4 is 11.1 Å². The van der Waals surface area contributed by atoms with Crippen LogP contribution in [-0.4, -0.2) is 17.9 Å². The summed E-state index contributed by atoms with van der Waals surface area (Å²) in [7, 11) is 0. The highest BCUT2D eigenvalue weighted by atomic mass is 127. The number of hydrogen-bond acceptors (Lipinski definition) is 2. The second-order valence-corrected chi connectivity index (χ2v) is 6.27. The Kier molecular flexibility index (Phi) is 5.79. The average molecular weight is 429 g/mol. The highest BCUT2D eigenvalue weighted by molar-refractivity contribution is 14.1. The number of rotatable bonds is 5. The van der Waals surface area contributed by atoms with E-state index in [0.717, 1.165) is 9.13 Å². The Balaban J connectivity index is 2.16. The SMILES string of the molecule is NC(=O)[C@H](Cc1ccccc1I)NC(=O)c1ccccc1Cl. The monoisotopic (exact) mass is 428 g/mol. The maximum atomic E-state index is 12.3. The molecule has 0 saturated carbocycles. The van der Waals surface area contributed by atoms with Gasteiger partial charge in [0.2, 0.25) is 5.91 Å². The van der Waals surface area contributed by atoms with Gasteiger partial charge in [-0.25, -0.2) is 0 Å². The quantitative estimate of drug-likeness (QED) is 0.719. The molecule has 3 N–H and O–H groups in total. The van der Waals surface area contributed by atoms with Crippen molar-refractivity contribution in [3.05, 3.63) is 68.3 Å². The molecule has 114 valence electrons. The second-order valence-electron chi connectivity index (χ2n) is 4.70. The molecule has 0 aromatic heterocycles. The number of benzene rings is 2. The van der Waals surface area contributed by atoms with Gasteiger partial charge >= 0.3 is 0 Å². The molecule has 0 bridgehead atoms. The standard InChI is InChI=1S/C16H14ClIN2O2/c17-12-7-3-2-6-11(12)16(22)20-14(15(19)21)9-10-5-1-4-8-13(10)18/h1-8,14H,9H2,(H2,19,21)(H,20,22)/t14-/m0/s1. The lowest BCUT2D eigenvalue weighted by atomic mass is 10.0. The van der Waals surface area contributed by atoms with Gasteiger partial charge in [0.15, 0.2) is 0 Å².